The molecule has 1 aromatic heterocycles. The van der Waals surface area contributed by atoms with Crippen LogP contribution in [-0.2, 0) is 0 Å². The molecule has 0 aliphatic heterocycles. The summed E-state index contributed by atoms with van der Waals surface area (Å²) >= 11 is 5.68. The topological polar surface area (TPSA) is 86.5 Å². The lowest BCUT2D eigenvalue weighted by atomic mass is 10.1. The highest BCUT2D eigenvalue weighted by atomic mass is 35.5. The summed E-state index contributed by atoms with van der Waals surface area (Å²) in [5.74, 6) is 0. The van der Waals surface area contributed by atoms with Crippen molar-refractivity contribution in [2.45, 2.75) is 18.6 Å². The maximum absolute atomic E-state index is 9.58. The Hall–Kier alpha value is -0.750. The molecule has 78 valence electrons. The van der Waals surface area contributed by atoms with Gasteiger partial charge in [-0.2, -0.15) is 0 Å². The Balaban J connectivity index is 2.78. The fourth-order valence-corrected chi connectivity index (χ4v) is 1.23. The van der Waals surface area contributed by atoms with Crippen LogP contribution >= 0.6 is 11.6 Å². The Bertz CT molecular complexity index is 298. The van der Waals surface area contributed by atoms with Gasteiger partial charge in [0.2, 0.25) is 0 Å². The molecular weight excluding hydrogens is 208 g/mol. The van der Waals surface area contributed by atoms with Gasteiger partial charge in [0, 0.05) is 18.4 Å². The van der Waals surface area contributed by atoms with Gasteiger partial charge in [-0.15, -0.1) is 0 Å². The van der Waals surface area contributed by atoms with Crippen molar-refractivity contribution in [3.05, 3.63) is 23.2 Å². The fourth-order valence-electron chi connectivity index (χ4n) is 1.02. The van der Waals surface area contributed by atoms with E-state index in [0.29, 0.717) is 0 Å². The highest BCUT2D eigenvalue weighted by Crippen LogP contribution is 2.23. The van der Waals surface area contributed by atoms with Crippen LogP contribution in [0.2, 0.25) is 5.15 Å². The van der Waals surface area contributed by atoms with E-state index in [9.17, 15) is 10.2 Å². The van der Waals surface area contributed by atoms with Crippen LogP contribution in [0.1, 0.15) is 18.1 Å². The van der Waals surface area contributed by atoms with Gasteiger partial charge in [-0.1, -0.05) is 11.6 Å². The van der Waals surface area contributed by atoms with E-state index in [1.807, 2.05) is 0 Å². The molecule has 3 N–H and O–H groups in total. The Kier molecular flexibility index (Phi) is 4.21. The second-order valence-corrected chi connectivity index (χ2v) is 3.15. The summed E-state index contributed by atoms with van der Waals surface area (Å²) in [6, 6.07) is 0. The van der Waals surface area contributed by atoms with E-state index in [-0.39, 0.29) is 23.7 Å². The van der Waals surface area contributed by atoms with Crippen molar-refractivity contribution in [2.24, 2.45) is 0 Å². The molecule has 0 saturated carbocycles. The van der Waals surface area contributed by atoms with Crippen molar-refractivity contribution >= 4 is 11.6 Å². The number of hydrogen-bond acceptors (Lipinski definition) is 5. The van der Waals surface area contributed by atoms with E-state index in [2.05, 4.69) is 9.97 Å². The largest absolute Gasteiger partial charge is 0.396 e. The SMILES string of the molecule is OCCC(O)C(O)c1cncnc1Cl. The maximum Gasteiger partial charge on any atom is 0.138 e. The molecular formula is C8H11ClN2O3. The van der Waals surface area contributed by atoms with Gasteiger partial charge in [0.25, 0.3) is 0 Å². The summed E-state index contributed by atoms with van der Waals surface area (Å²) in [6.07, 6.45) is 0.420. The highest BCUT2D eigenvalue weighted by Gasteiger charge is 2.20. The summed E-state index contributed by atoms with van der Waals surface area (Å²) < 4.78 is 0. The summed E-state index contributed by atoms with van der Waals surface area (Å²) in [7, 11) is 0. The zero-order valence-corrected chi connectivity index (χ0v) is 8.09. The predicted molar refractivity (Wildman–Crippen MR) is 49.7 cm³/mol. The molecule has 0 aliphatic carbocycles. The molecule has 0 bridgehead atoms. The Labute approximate surface area is 86.0 Å². The van der Waals surface area contributed by atoms with Gasteiger partial charge in [-0.05, 0) is 6.42 Å². The van der Waals surface area contributed by atoms with Crippen molar-refractivity contribution in [1.82, 2.24) is 9.97 Å². The zero-order valence-electron chi connectivity index (χ0n) is 7.34. The first-order valence-electron chi connectivity index (χ1n) is 4.09. The summed E-state index contributed by atoms with van der Waals surface area (Å²) in [5.41, 5.74) is 0.259. The fraction of sp³-hybridized carbons (Fsp3) is 0.500. The Morgan fingerprint density at radius 1 is 1.43 bits per heavy atom. The van der Waals surface area contributed by atoms with Gasteiger partial charge in [0.1, 0.15) is 17.6 Å². The third-order valence-electron chi connectivity index (χ3n) is 1.80. The van der Waals surface area contributed by atoms with Crippen LogP contribution in [0, 0.1) is 0 Å². The molecule has 0 radical (unpaired) electrons. The van der Waals surface area contributed by atoms with Crippen molar-refractivity contribution in [3.8, 4) is 0 Å². The van der Waals surface area contributed by atoms with Gasteiger partial charge in [-0.25, -0.2) is 9.97 Å². The van der Waals surface area contributed by atoms with E-state index in [1.54, 1.807) is 0 Å². The molecule has 2 unspecified atom stereocenters. The molecule has 1 aromatic rings. The molecule has 6 heteroatoms. The average molecular weight is 219 g/mol. The van der Waals surface area contributed by atoms with Crippen LogP contribution in [0.4, 0.5) is 0 Å². The Morgan fingerprint density at radius 2 is 2.14 bits per heavy atom. The molecule has 1 rings (SSSR count). The lowest BCUT2D eigenvalue weighted by molar-refractivity contribution is 0.00390. The van der Waals surface area contributed by atoms with Gasteiger partial charge in [0.15, 0.2) is 0 Å². The van der Waals surface area contributed by atoms with Crippen LogP contribution < -0.4 is 0 Å². The van der Waals surface area contributed by atoms with Crippen molar-refractivity contribution in [2.75, 3.05) is 6.61 Å². The standard InChI is InChI=1S/C8H11ClN2O3/c9-8-5(3-10-4-11-8)7(14)6(13)1-2-12/h3-4,6-7,12-14H,1-2H2. The smallest absolute Gasteiger partial charge is 0.138 e. The molecule has 0 spiro atoms. The van der Waals surface area contributed by atoms with Gasteiger partial charge in [-0.3, -0.25) is 0 Å². The number of halogens is 1. The molecule has 0 amide bonds. The zero-order chi connectivity index (χ0) is 10.6. The summed E-state index contributed by atoms with van der Waals surface area (Å²) in [5, 5.41) is 27.6. The van der Waals surface area contributed by atoms with Crippen molar-refractivity contribution in [1.29, 1.82) is 0 Å². The Morgan fingerprint density at radius 3 is 2.71 bits per heavy atom. The lowest BCUT2D eigenvalue weighted by Crippen LogP contribution is -2.20. The number of nitrogens with zero attached hydrogens (tertiary/aromatic N) is 2. The molecule has 0 aromatic carbocycles. The second-order valence-electron chi connectivity index (χ2n) is 2.79. The molecule has 0 aliphatic rings. The molecule has 0 saturated heterocycles. The monoisotopic (exact) mass is 218 g/mol. The van der Waals surface area contributed by atoms with E-state index in [1.165, 1.54) is 12.5 Å². The number of aliphatic hydroxyl groups excluding tert-OH is 3. The predicted octanol–water partition coefficient (Wildman–Crippen LogP) is -0.0933. The van der Waals surface area contributed by atoms with Crippen molar-refractivity contribution < 1.29 is 15.3 Å². The first-order valence-corrected chi connectivity index (χ1v) is 4.47. The van der Waals surface area contributed by atoms with E-state index in [0.717, 1.165) is 0 Å². The van der Waals surface area contributed by atoms with Crippen LogP contribution in [0.15, 0.2) is 12.5 Å². The minimum absolute atomic E-state index is 0.0758. The molecule has 1 heterocycles. The second kappa shape index (κ2) is 5.21. The van der Waals surface area contributed by atoms with Gasteiger partial charge >= 0.3 is 0 Å². The maximum atomic E-state index is 9.58. The van der Waals surface area contributed by atoms with Crippen LogP contribution in [0.25, 0.3) is 0 Å². The molecule has 5 nitrogen and oxygen atoms in total. The minimum atomic E-state index is -1.17. The number of rotatable bonds is 4. The summed E-state index contributed by atoms with van der Waals surface area (Å²) in [4.78, 5) is 7.34. The van der Waals surface area contributed by atoms with Crippen LogP contribution in [0.5, 0.6) is 0 Å². The third-order valence-corrected chi connectivity index (χ3v) is 2.11. The van der Waals surface area contributed by atoms with E-state index < -0.39 is 12.2 Å². The van der Waals surface area contributed by atoms with Gasteiger partial charge in [0.05, 0.1) is 6.10 Å². The number of aliphatic hydroxyl groups is 3. The highest BCUT2D eigenvalue weighted by molar-refractivity contribution is 6.30. The van der Waals surface area contributed by atoms with Crippen molar-refractivity contribution in [3.63, 3.8) is 0 Å². The minimum Gasteiger partial charge on any atom is -0.396 e. The number of hydrogen-bond donors (Lipinski definition) is 3. The number of aromatic nitrogens is 2. The van der Waals surface area contributed by atoms with Crippen LogP contribution in [0.3, 0.4) is 0 Å². The normalized spacial score (nSPS) is 15.1. The molecule has 14 heavy (non-hydrogen) atoms. The van der Waals surface area contributed by atoms with Crippen LogP contribution in [-0.4, -0.2) is 38.0 Å². The summed E-state index contributed by atoms with van der Waals surface area (Å²) in [6.45, 7) is -0.205. The molecule has 2 atom stereocenters. The quantitative estimate of drug-likeness (QED) is 0.615. The van der Waals surface area contributed by atoms with E-state index in [4.69, 9.17) is 16.7 Å². The lowest BCUT2D eigenvalue weighted by Gasteiger charge is -2.16. The third kappa shape index (κ3) is 2.62. The average Bonchev–Trinajstić information content (AvgIpc) is 2.18. The first-order chi connectivity index (χ1) is 6.66. The molecule has 0 fully saturated rings. The van der Waals surface area contributed by atoms with E-state index >= 15 is 0 Å². The van der Waals surface area contributed by atoms with Gasteiger partial charge < -0.3 is 15.3 Å². The first kappa shape index (κ1) is 11.3.